The van der Waals surface area contributed by atoms with Gasteiger partial charge in [0.05, 0.1) is 18.8 Å². The minimum Gasteiger partial charge on any atom is -0.507 e. The van der Waals surface area contributed by atoms with Gasteiger partial charge in [0.1, 0.15) is 11.6 Å². The van der Waals surface area contributed by atoms with Crippen LogP contribution in [0.1, 0.15) is 11.9 Å². The highest BCUT2D eigenvalue weighted by molar-refractivity contribution is 5.33. The van der Waals surface area contributed by atoms with Gasteiger partial charge in [0.25, 0.3) is 0 Å². The number of ether oxygens (including phenoxy) is 2. The van der Waals surface area contributed by atoms with Gasteiger partial charge in [0, 0.05) is 0 Å². The Balaban J connectivity index is 2.32. The lowest BCUT2D eigenvalue weighted by Crippen LogP contribution is -1.98. The van der Waals surface area contributed by atoms with Crippen molar-refractivity contribution in [3.05, 3.63) is 29.6 Å². The Labute approximate surface area is 74.7 Å². The number of aromatic hydroxyl groups is 1. The van der Waals surface area contributed by atoms with Crippen molar-refractivity contribution >= 4 is 0 Å². The molecule has 0 aromatic heterocycles. The second-order valence-electron chi connectivity index (χ2n) is 2.78. The largest absolute Gasteiger partial charge is 0.507 e. The Kier molecular flexibility index (Phi) is 2.16. The first-order valence-electron chi connectivity index (χ1n) is 3.99. The molecule has 0 radical (unpaired) electrons. The average Bonchev–Trinajstić information content (AvgIpc) is 2.61. The van der Waals surface area contributed by atoms with E-state index < -0.39 is 12.1 Å². The molecule has 1 aromatic rings. The van der Waals surface area contributed by atoms with Crippen molar-refractivity contribution in [2.75, 3.05) is 13.2 Å². The van der Waals surface area contributed by atoms with Crippen molar-refractivity contribution < 1.29 is 19.0 Å². The average molecular weight is 184 g/mol. The molecular formula is C9H9FO3. The first-order chi connectivity index (χ1) is 6.27. The third kappa shape index (κ3) is 1.64. The zero-order valence-electron chi connectivity index (χ0n) is 6.87. The molecule has 0 atom stereocenters. The van der Waals surface area contributed by atoms with Crippen LogP contribution in [0, 0.1) is 5.82 Å². The lowest BCUT2D eigenvalue weighted by Gasteiger charge is -2.10. The molecule has 3 nitrogen and oxygen atoms in total. The SMILES string of the molecule is Oc1ccc(F)cc1C1OCCO1. The van der Waals surface area contributed by atoms with E-state index in [0.717, 1.165) is 0 Å². The van der Waals surface area contributed by atoms with Gasteiger partial charge in [-0.3, -0.25) is 0 Å². The van der Waals surface area contributed by atoms with Gasteiger partial charge in [-0.05, 0) is 18.2 Å². The van der Waals surface area contributed by atoms with E-state index in [2.05, 4.69) is 0 Å². The summed E-state index contributed by atoms with van der Waals surface area (Å²) in [5, 5.41) is 9.37. The van der Waals surface area contributed by atoms with Crippen LogP contribution in [0.4, 0.5) is 4.39 Å². The first kappa shape index (κ1) is 8.47. The summed E-state index contributed by atoms with van der Waals surface area (Å²) in [6.07, 6.45) is -0.629. The lowest BCUT2D eigenvalue weighted by molar-refractivity contribution is -0.0456. The Hall–Kier alpha value is -1.13. The Morgan fingerprint density at radius 2 is 2.00 bits per heavy atom. The minimum absolute atomic E-state index is 0.00620. The maximum absolute atomic E-state index is 12.8. The molecule has 1 N–H and O–H groups in total. The molecule has 1 heterocycles. The van der Waals surface area contributed by atoms with Crippen LogP contribution in [0.5, 0.6) is 5.75 Å². The summed E-state index contributed by atoms with van der Waals surface area (Å²) < 4.78 is 23.0. The van der Waals surface area contributed by atoms with Gasteiger partial charge in [-0.15, -0.1) is 0 Å². The van der Waals surface area contributed by atoms with Crippen LogP contribution in [-0.2, 0) is 9.47 Å². The summed E-state index contributed by atoms with van der Waals surface area (Å²) in [6, 6.07) is 3.69. The number of hydrogen-bond donors (Lipinski definition) is 1. The molecule has 0 aliphatic carbocycles. The highest BCUT2D eigenvalue weighted by Crippen LogP contribution is 2.30. The van der Waals surface area contributed by atoms with Gasteiger partial charge in [-0.1, -0.05) is 0 Å². The summed E-state index contributed by atoms with van der Waals surface area (Å²) in [5.74, 6) is -0.416. The molecule has 1 aromatic carbocycles. The minimum atomic E-state index is -0.629. The number of benzene rings is 1. The zero-order chi connectivity index (χ0) is 9.26. The third-order valence-corrected chi connectivity index (χ3v) is 1.87. The molecule has 2 rings (SSSR count). The predicted octanol–water partition coefficient (Wildman–Crippen LogP) is 1.58. The van der Waals surface area contributed by atoms with E-state index in [1.54, 1.807) is 0 Å². The van der Waals surface area contributed by atoms with Crippen molar-refractivity contribution in [1.29, 1.82) is 0 Å². The predicted molar refractivity (Wildman–Crippen MR) is 42.7 cm³/mol. The van der Waals surface area contributed by atoms with Crippen LogP contribution in [0.15, 0.2) is 18.2 Å². The van der Waals surface area contributed by atoms with Crippen molar-refractivity contribution in [3.63, 3.8) is 0 Å². The second kappa shape index (κ2) is 3.32. The van der Waals surface area contributed by atoms with E-state index in [0.29, 0.717) is 18.8 Å². The van der Waals surface area contributed by atoms with Crippen LogP contribution in [0.25, 0.3) is 0 Å². The van der Waals surface area contributed by atoms with Crippen molar-refractivity contribution in [3.8, 4) is 5.75 Å². The van der Waals surface area contributed by atoms with E-state index >= 15 is 0 Å². The number of phenols is 1. The van der Waals surface area contributed by atoms with Gasteiger partial charge >= 0.3 is 0 Å². The Bertz CT molecular complexity index is 308. The number of halogens is 1. The fourth-order valence-corrected chi connectivity index (χ4v) is 1.25. The zero-order valence-corrected chi connectivity index (χ0v) is 6.87. The van der Waals surface area contributed by atoms with E-state index in [9.17, 15) is 9.50 Å². The molecule has 0 amide bonds. The van der Waals surface area contributed by atoms with Crippen LogP contribution in [0.3, 0.4) is 0 Å². The molecule has 0 unspecified atom stereocenters. The van der Waals surface area contributed by atoms with Crippen LogP contribution < -0.4 is 0 Å². The number of phenolic OH excluding ortho intramolecular Hbond substituents is 1. The molecule has 1 fully saturated rings. The van der Waals surface area contributed by atoms with Gasteiger partial charge in [0.15, 0.2) is 6.29 Å². The molecule has 70 valence electrons. The molecule has 0 bridgehead atoms. The summed E-state index contributed by atoms with van der Waals surface area (Å²) in [4.78, 5) is 0. The van der Waals surface area contributed by atoms with Gasteiger partial charge in [0.2, 0.25) is 0 Å². The quantitative estimate of drug-likeness (QED) is 0.720. The van der Waals surface area contributed by atoms with E-state index in [1.807, 2.05) is 0 Å². The summed E-state index contributed by atoms with van der Waals surface area (Å²) in [5.41, 5.74) is 0.345. The summed E-state index contributed by atoms with van der Waals surface area (Å²) >= 11 is 0. The third-order valence-electron chi connectivity index (χ3n) is 1.87. The molecule has 1 aliphatic rings. The molecule has 1 saturated heterocycles. The molecular weight excluding hydrogens is 175 g/mol. The fraction of sp³-hybridized carbons (Fsp3) is 0.333. The maximum atomic E-state index is 12.8. The molecule has 4 heteroatoms. The smallest absolute Gasteiger partial charge is 0.187 e. The van der Waals surface area contributed by atoms with E-state index in [4.69, 9.17) is 9.47 Å². The van der Waals surface area contributed by atoms with Crippen molar-refractivity contribution in [2.45, 2.75) is 6.29 Å². The summed E-state index contributed by atoms with van der Waals surface area (Å²) in [7, 11) is 0. The van der Waals surface area contributed by atoms with Crippen LogP contribution in [0.2, 0.25) is 0 Å². The number of hydrogen-bond acceptors (Lipinski definition) is 3. The van der Waals surface area contributed by atoms with Gasteiger partial charge in [-0.2, -0.15) is 0 Å². The van der Waals surface area contributed by atoms with Crippen molar-refractivity contribution in [2.24, 2.45) is 0 Å². The molecule has 13 heavy (non-hydrogen) atoms. The standard InChI is InChI=1S/C9H9FO3/c10-6-1-2-8(11)7(5-6)9-12-3-4-13-9/h1-2,5,9,11H,3-4H2. The van der Waals surface area contributed by atoms with Crippen molar-refractivity contribution in [1.82, 2.24) is 0 Å². The Morgan fingerprint density at radius 3 is 2.69 bits per heavy atom. The highest BCUT2D eigenvalue weighted by Gasteiger charge is 2.21. The van der Waals surface area contributed by atoms with Gasteiger partial charge in [-0.25, -0.2) is 4.39 Å². The fourth-order valence-electron chi connectivity index (χ4n) is 1.25. The van der Waals surface area contributed by atoms with Gasteiger partial charge < -0.3 is 14.6 Å². The number of rotatable bonds is 1. The summed E-state index contributed by atoms with van der Waals surface area (Å²) in [6.45, 7) is 0.946. The van der Waals surface area contributed by atoms with E-state index in [1.165, 1.54) is 18.2 Å². The second-order valence-corrected chi connectivity index (χ2v) is 2.78. The normalized spacial score (nSPS) is 17.9. The topological polar surface area (TPSA) is 38.7 Å². The Morgan fingerprint density at radius 1 is 1.31 bits per heavy atom. The molecule has 0 saturated carbocycles. The first-order valence-corrected chi connectivity index (χ1v) is 3.99. The lowest BCUT2D eigenvalue weighted by atomic mass is 10.2. The van der Waals surface area contributed by atoms with E-state index in [-0.39, 0.29) is 5.75 Å². The van der Waals surface area contributed by atoms with Crippen LogP contribution in [-0.4, -0.2) is 18.3 Å². The monoisotopic (exact) mass is 184 g/mol. The van der Waals surface area contributed by atoms with Crippen LogP contribution >= 0.6 is 0 Å². The molecule has 0 spiro atoms. The highest BCUT2D eigenvalue weighted by atomic mass is 19.1. The molecule has 1 aliphatic heterocycles. The maximum Gasteiger partial charge on any atom is 0.187 e.